The molecule has 136 valence electrons. The molecule has 2 aromatic heterocycles. The van der Waals surface area contributed by atoms with Crippen molar-refractivity contribution < 1.29 is 32.6 Å². The van der Waals surface area contributed by atoms with E-state index in [1.807, 2.05) is 0 Å². The second kappa shape index (κ2) is 6.99. The second-order valence-electron chi connectivity index (χ2n) is 5.21. The minimum atomic E-state index is -4.89. The fraction of sp³-hybridized carbons (Fsp3) is 0.400. The van der Waals surface area contributed by atoms with Gasteiger partial charge in [0.2, 0.25) is 0 Å². The summed E-state index contributed by atoms with van der Waals surface area (Å²) in [5.74, 6) is -2.36. The smallest absolute Gasteiger partial charge is 0.409 e. The topological polar surface area (TPSA) is 92.9 Å². The van der Waals surface area contributed by atoms with Crippen LogP contribution in [0.3, 0.4) is 0 Å². The van der Waals surface area contributed by atoms with Crippen LogP contribution in [0.15, 0.2) is 18.3 Å². The SMILES string of the molecule is CCOc1cccn2c(C(=O)NC(CC(=O)O)C(F)(F)F)c(C)nc12. The van der Waals surface area contributed by atoms with Crippen LogP contribution in [0, 0.1) is 6.92 Å². The summed E-state index contributed by atoms with van der Waals surface area (Å²) in [5, 5.41) is 10.4. The van der Waals surface area contributed by atoms with Crippen molar-refractivity contribution in [1.82, 2.24) is 14.7 Å². The van der Waals surface area contributed by atoms with Crippen molar-refractivity contribution in [3.63, 3.8) is 0 Å². The summed E-state index contributed by atoms with van der Waals surface area (Å²) < 4.78 is 45.5. The molecule has 0 spiro atoms. The van der Waals surface area contributed by atoms with Gasteiger partial charge in [-0.3, -0.25) is 14.0 Å². The first-order valence-corrected chi connectivity index (χ1v) is 7.35. The molecule has 2 aromatic rings. The number of nitrogens with one attached hydrogen (secondary N) is 1. The number of hydrogen-bond acceptors (Lipinski definition) is 4. The van der Waals surface area contributed by atoms with Gasteiger partial charge >= 0.3 is 12.1 Å². The number of aryl methyl sites for hydroxylation is 1. The Morgan fingerprint density at radius 3 is 2.68 bits per heavy atom. The molecule has 0 aliphatic carbocycles. The number of aromatic nitrogens is 2. The van der Waals surface area contributed by atoms with Gasteiger partial charge in [0.05, 0.1) is 18.7 Å². The zero-order chi connectivity index (χ0) is 18.8. The number of ether oxygens (including phenoxy) is 1. The first kappa shape index (κ1) is 18.6. The lowest BCUT2D eigenvalue weighted by molar-refractivity contribution is -0.165. The molecule has 25 heavy (non-hydrogen) atoms. The van der Waals surface area contributed by atoms with Crippen LogP contribution in [-0.4, -0.2) is 45.2 Å². The van der Waals surface area contributed by atoms with E-state index in [2.05, 4.69) is 4.98 Å². The van der Waals surface area contributed by atoms with Crippen molar-refractivity contribution in [2.75, 3.05) is 6.61 Å². The van der Waals surface area contributed by atoms with Crippen molar-refractivity contribution in [3.05, 3.63) is 29.7 Å². The molecule has 0 saturated carbocycles. The number of rotatable bonds is 6. The average Bonchev–Trinajstić information content (AvgIpc) is 2.82. The number of nitrogens with zero attached hydrogens (tertiary/aromatic N) is 2. The van der Waals surface area contributed by atoms with E-state index in [9.17, 15) is 22.8 Å². The number of halogens is 3. The van der Waals surface area contributed by atoms with Gasteiger partial charge in [-0.2, -0.15) is 13.2 Å². The Bertz CT molecular complexity index is 801. The molecule has 7 nitrogen and oxygen atoms in total. The standard InChI is InChI=1S/C15H16F3N3O4/c1-3-25-9-5-4-6-21-12(8(2)19-13(9)21)14(24)20-10(7-11(22)23)15(16,17)18/h4-6,10H,3,7H2,1-2H3,(H,20,24)(H,22,23). The predicted molar refractivity (Wildman–Crippen MR) is 80.7 cm³/mol. The van der Waals surface area contributed by atoms with Gasteiger partial charge in [-0.25, -0.2) is 4.98 Å². The monoisotopic (exact) mass is 359 g/mol. The first-order valence-electron chi connectivity index (χ1n) is 7.35. The molecule has 0 bridgehead atoms. The van der Waals surface area contributed by atoms with Crippen LogP contribution in [0.4, 0.5) is 13.2 Å². The number of hydrogen-bond donors (Lipinski definition) is 2. The van der Waals surface area contributed by atoms with E-state index in [-0.39, 0.29) is 17.0 Å². The fourth-order valence-electron chi connectivity index (χ4n) is 2.35. The number of carbonyl (C=O) groups excluding carboxylic acids is 1. The first-order chi connectivity index (χ1) is 11.6. The third kappa shape index (κ3) is 4.01. The summed E-state index contributed by atoms with van der Waals surface area (Å²) >= 11 is 0. The molecule has 0 aliphatic heterocycles. The Morgan fingerprint density at radius 2 is 2.12 bits per heavy atom. The number of carboxylic acids is 1. The number of fused-ring (bicyclic) bond motifs is 1. The summed E-state index contributed by atoms with van der Waals surface area (Å²) in [7, 11) is 0. The lowest BCUT2D eigenvalue weighted by Gasteiger charge is -2.20. The van der Waals surface area contributed by atoms with Crippen molar-refractivity contribution in [2.24, 2.45) is 0 Å². The normalized spacial score (nSPS) is 12.8. The van der Waals surface area contributed by atoms with E-state index in [1.54, 1.807) is 24.4 Å². The Labute approximate surface area is 140 Å². The molecule has 1 atom stereocenters. The zero-order valence-electron chi connectivity index (χ0n) is 13.4. The molecule has 0 aliphatic rings. The largest absolute Gasteiger partial charge is 0.490 e. The molecular formula is C15H16F3N3O4. The summed E-state index contributed by atoms with van der Waals surface area (Å²) in [5.41, 5.74) is 0.367. The summed E-state index contributed by atoms with van der Waals surface area (Å²) in [6.45, 7) is 3.58. The fourth-order valence-corrected chi connectivity index (χ4v) is 2.35. The van der Waals surface area contributed by atoms with Crippen LogP contribution >= 0.6 is 0 Å². The van der Waals surface area contributed by atoms with Gasteiger partial charge in [-0.15, -0.1) is 0 Å². The maximum atomic E-state index is 12.9. The zero-order valence-corrected chi connectivity index (χ0v) is 13.4. The van der Waals surface area contributed by atoms with Crippen LogP contribution in [-0.2, 0) is 4.79 Å². The molecule has 1 unspecified atom stereocenters. The molecule has 2 N–H and O–H groups in total. The molecular weight excluding hydrogens is 343 g/mol. The van der Waals surface area contributed by atoms with Gasteiger partial charge in [-0.1, -0.05) is 0 Å². The van der Waals surface area contributed by atoms with Crippen LogP contribution in [0.5, 0.6) is 5.75 Å². The third-order valence-electron chi connectivity index (χ3n) is 3.38. The van der Waals surface area contributed by atoms with Gasteiger partial charge in [0.1, 0.15) is 11.7 Å². The molecule has 1 amide bonds. The van der Waals surface area contributed by atoms with E-state index in [0.29, 0.717) is 12.4 Å². The van der Waals surface area contributed by atoms with E-state index < -0.39 is 30.5 Å². The summed E-state index contributed by atoms with van der Waals surface area (Å²) in [6, 6.07) is 0.683. The Kier molecular flexibility index (Phi) is 5.19. The highest BCUT2D eigenvalue weighted by Crippen LogP contribution is 2.25. The van der Waals surface area contributed by atoms with Crippen molar-refractivity contribution in [1.29, 1.82) is 0 Å². The van der Waals surface area contributed by atoms with Gasteiger partial charge in [0, 0.05) is 6.20 Å². The lowest BCUT2D eigenvalue weighted by Crippen LogP contribution is -2.47. The number of aliphatic carboxylic acids is 1. The van der Waals surface area contributed by atoms with Crippen LogP contribution < -0.4 is 10.1 Å². The van der Waals surface area contributed by atoms with E-state index in [4.69, 9.17) is 9.84 Å². The van der Waals surface area contributed by atoms with Crippen LogP contribution in [0.1, 0.15) is 29.5 Å². The Hall–Kier alpha value is -2.78. The molecule has 2 rings (SSSR count). The summed E-state index contributed by atoms with van der Waals surface area (Å²) in [6.07, 6.45) is -4.69. The molecule has 2 heterocycles. The molecule has 0 aromatic carbocycles. The number of pyridine rings is 1. The third-order valence-corrected chi connectivity index (χ3v) is 3.38. The summed E-state index contributed by atoms with van der Waals surface area (Å²) in [4.78, 5) is 27.1. The van der Waals surface area contributed by atoms with E-state index in [0.717, 1.165) is 0 Å². The Balaban J connectivity index is 2.40. The highest BCUT2D eigenvalue weighted by Gasteiger charge is 2.42. The van der Waals surface area contributed by atoms with Crippen LogP contribution in [0.2, 0.25) is 0 Å². The number of carboxylic acid groups (broad SMARTS) is 1. The van der Waals surface area contributed by atoms with E-state index >= 15 is 0 Å². The van der Waals surface area contributed by atoms with Gasteiger partial charge in [0.15, 0.2) is 11.4 Å². The van der Waals surface area contributed by atoms with Gasteiger partial charge in [-0.05, 0) is 26.0 Å². The maximum Gasteiger partial charge on any atom is 0.409 e. The number of alkyl halides is 3. The lowest BCUT2D eigenvalue weighted by atomic mass is 10.2. The van der Waals surface area contributed by atoms with Crippen molar-refractivity contribution in [3.8, 4) is 5.75 Å². The molecule has 0 fully saturated rings. The van der Waals surface area contributed by atoms with Crippen molar-refractivity contribution >= 4 is 17.5 Å². The minimum absolute atomic E-state index is 0.115. The van der Waals surface area contributed by atoms with E-state index in [1.165, 1.54) is 17.5 Å². The number of imidazole rings is 1. The number of amides is 1. The predicted octanol–water partition coefficient (Wildman–Crippen LogP) is 2.18. The quantitative estimate of drug-likeness (QED) is 0.825. The highest BCUT2D eigenvalue weighted by atomic mass is 19.4. The van der Waals surface area contributed by atoms with Gasteiger partial charge < -0.3 is 15.2 Å². The maximum absolute atomic E-state index is 12.9. The number of carbonyl (C=O) groups is 2. The Morgan fingerprint density at radius 1 is 1.44 bits per heavy atom. The molecule has 0 radical (unpaired) electrons. The molecule has 0 saturated heterocycles. The van der Waals surface area contributed by atoms with Crippen molar-refractivity contribution in [2.45, 2.75) is 32.5 Å². The average molecular weight is 359 g/mol. The van der Waals surface area contributed by atoms with Crippen LogP contribution in [0.25, 0.3) is 5.65 Å². The minimum Gasteiger partial charge on any atom is -0.490 e. The van der Waals surface area contributed by atoms with Gasteiger partial charge in [0.25, 0.3) is 5.91 Å². The molecule has 10 heteroatoms. The highest BCUT2D eigenvalue weighted by molar-refractivity contribution is 5.95. The second-order valence-corrected chi connectivity index (χ2v) is 5.21.